The van der Waals surface area contributed by atoms with E-state index in [4.69, 9.17) is 0 Å². The summed E-state index contributed by atoms with van der Waals surface area (Å²) in [5.41, 5.74) is 3.07. The van der Waals surface area contributed by atoms with E-state index in [2.05, 4.69) is 20.8 Å². The van der Waals surface area contributed by atoms with Crippen molar-refractivity contribution >= 4 is 0 Å². The van der Waals surface area contributed by atoms with Gasteiger partial charge < -0.3 is 5.21 Å². The zero-order valence-electron chi connectivity index (χ0n) is 13.1. The third-order valence-electron chi connectivity index (χ3n) is 6.06. The average molecular weight is 297 g/mol. The summed E-state index contributed by atoms with van der Waals surface area (Å²) in [5, 5.41) is 12.9. The maximum absolute atomic E-state index is 14.0. The van der Waals surface area contributed by atoms with Gasteiger partial charge in [0.15, 0.2) is 5.69 Å². The number of rotatable bonds is 1. The third kappa shape index (κ3) is 1.57. The van der Waals surface area contributed by atoms with Crippen molar-refractivity contribution in [3.05, 3.63) is 58.7 Å². The highest BCUT2D eigenvalue weighted by atomic mass is 19.1. The molecule has 0 amide bonds. The van der Waals surface area contributed by atoms with Crippen LogP contribution < -0.4 is 4.73 Å². The lowest BCUT2D eigenvalue weighted by Gasteiger charge is -2.58. The first kappa shape index (κ1) is 13.7. The fourth-order valence-electron chi connectivity index (χ4n) is 4.71. The quantitative estimate of drug-likeness (QED) is 0.567. The number of pyridine rings is 1. The van der Waals surface area contributed by atoms with Crippen LogP contribution in [0.15, 0.2) is 36.4 Å². The maximum Gasteiger partial charge on any atom is 0.226 e. The van der Waals surface area contributed by atoms with Gasteiger partial charge in [-0.2, -0.15) is 4.73 Å². The van der Waals surface area contributed by atoms with E-state index in [1.54, 1.807) is 24.3 Å². The first-order valence-electron chi connectivity index (χ1n) is 7.94. The highest BCUT2D eigenvalue weighted by Gasteiger charge is 2.58. The first-order chi connectivity index (χ1) is 10.4. The molecule has 0 N–H and O–H groups in total. The molecule has 114 valence electrons. The Balaban J connectivity index is 1.91. The lowest BCUT2D eigenvalue weighted by Crippen LogP contribution is -2.54. The van der Waals surface area contributed by atoms with Crippen LogP contribution in [0.5, 0.6) is 0 Å². The Kier molecular flexibility index (Phi) is 2.69. The summed E-state index contributed by atoms with van der Waals surface area (Å²) in [6, 6.07) is 10.3. The minimum absolute atomic E-state index is 0.222. The van der Waals surface area contributed by atoms with Crippen LogP contribution in [0.1, 0.15) is 50.3 Å². The van der Waals surface area contributed by atoms with E-state index in [9.17, 15) is 9.60 Å². The van der Waals surface area contributed by atoms with Crippen LogP contribution in [0.25, 0.3) is 11.3 Å². The molecule has 3 aliphatic rings. The molecule has 2 bridgehead atoms. The van der Waals surface area contributed by atoms with Crippen LogP contribution in [0.3, 0.4) is 0 Å². The molecule has 0 radical (unpaired) electrons. The van der Waals surface area contributed by atoms with Gasteiger partial charge in [-0.25, -0.2) is 4.39 Å². The molecule has 1 aromatic heterocycles. The number of halogens is 1. The third-order valence-corrected chi connectivity index (χ3v) is 6.06. The zero-order valence-corrected chi connectivity index (χ0v) is 13.1. The van der Waals surface area contributed by atoms with Crippen molar-refractivity contribution in [1.82, 2.24) is 0 Å². The van der Waals surface area contributed by atoms with Gasteiger partial charge in [-0.05, 0) is 41.9 Å². The minimum Gasteiger partial charge on any atom is -0.618 e. The molecule has 1 saturated carbocycles. The van der Waals surface area contributed by atoms with Crippen LogP contribution in [0.2, 0.25) is 0 Å². The molecular formula is C19H20FNO. The van der Waals surface area contributed by atoms with Gasteiger partial charge >= 0.3 is 0 Å². The van der Waals surface area contributed by atoms with Crippen LogP contribution >= 0.6 is 0 Å². The monoisotopic (exact) mass is 297 g/mol. The molecule has 1 fully saturated rings. The van der Waals surface area contributed by atoms with Gasteiger partial charge in [-0.15, -0.1) is 0 Å². The summed E-state index contributed by atoms with van der Waals surface area (Å²) in [6.07, 6.45) is 1.17. The summed E-state index contributed by atoms with van der Waals surface area (Å²) < 4.78 is 15.0. The number of benzene rings is 1. The highest BCUT2D eigenvalue weighted by molar-refractivity contribution is 5.58. The molecule has 22 heavy (non-hydrogen) atoms. The second-order valence-corrected chi connectivity index (χ2v) is 7.34. The Morgan fingerprint density at radius 3 is 2.59 bits per heavy atom. The fraction of sp³-hybridized carbons (Fsp3) is 0.421. The summed E-state index contributed by atoms with van der Waals surface area (Å²) >= 11 is 0. The molecule has 0 aliphatic heterocycles. The zero-order chi connectivity index (χ0) is 15.6. The van der Waals surface area contributed by atoms with Crippen molar-refractivity contribution in [2.45, 2.75) is 39.0 Å². The summed E-state index contributed by atoms with van der Waals surface area (Å²) in [5.74, 6) is 0.875. The molecule has 0 saturated heterocycles. The topological polar surface area (TPSA) is 26.9 Å². The Bertz CT molecular complexity index is 768. The normalized spacial score (nSPS) is 27.9. The van der Waals surface area contributed by atoms with E-state index in [0.29, 0.717) is 23.1 Å². The largest absolute Gasteiger partial charge is 0.618 e. The molecule has 1 heterocycles. The molecule has 3 heteroatoms. The van der Waals surface area contributed by atoms with Gasteiger partial charge in [0.1, 0.15) is 5.82 Å². The van der Waals surface area contributed by atoms with Crippen LogP contribution in [-0.4, -0.2) is 0 Å². The Morgan fingerprint density at radius 2 is 1.91 bits per heavy atom. The Hall–Kier alpha value is -1.90. The van der Waals surface area contributed by atoms with E-state index in [1.165, 1.54) is 12.5 Å². The van der Waals surface area contributed by atoms with Crippen LogP contribution in [0.4, 0.5) is 4.39 Å². The summed E-state index contributed by atoms with van der Waals surface area (Å²) in [4.78, 5) is 0. The molecule has 5 rings (SSSR count). The van der Waals surface area contributed by atoms with E-state index in [-0.39, 0.29) is 17.2 Å². The van der Waals surface area contributed by atoms with Crippen molar-refractivity contribution in [1.29, 1.82) is 0 Å². The predicted molar refractivity (Wildman–Crippen MR) is 83.8 cm³/mol. The maximum atomic E-state index is 14.0. The van der Waals surface area contributed by atoms with Gasteiger partial charge in [0.2, 0.25) is 5.69 Å². The minimum atomic E-state index is -0.346. The second-order valence-electron chi connectivity index (χ2n) is 7.34. The van der Waals surface area contributed by atoms with Gasteiger partial charge in [0.25, 0.3) is 0 Å². The second kappa shape index (κ2) is 4.31. The molecule has 0 unspecified atom stereocenters. The molecule has 2 nitrogen and oxygen atoms in total. The standard InChI is InChI=1S/C19H20FNO/c1-11-14-10-15(19(14,2)3)12-8-9-17(21(22)18(11)12)13-6-4-5-7-16(13)20/h4-9,11,14-15H,10H2,1-3H3/t11-,14+,15-/m1/s1. The molecule has 2 aromatic rings. The van der Waals surface area contributed by atoms with E-state index in [1.807, 2.05) is 6.07 Å². The van der Waals surface area contributed by atoms with E-state index in [0.717, 1.165) is 16.0 Å². The smallest absolute Gasteiger partial charge is 0.226 e. The summed E-state index contributed by atoms with van der Waals surface area (Å²) in [6.45, 7) is 6.73. The SMILES string of the molecule is C[C@H]1c2c(ccc(-c3ccccc3F)[n+]2[O-])[C@H]2C[C@@H]1C2(C)C. The lowest BCUT2D eigenvalue weighted by molar-refractivity contribution is -0.607. The van der Waals surface area contributed by atoms with Gasteiger partial charge in [-0.1, -0.05) is 32.9 Å². The molecular weight excluding hydrogens is 277 g/mol. The van der Waals surface area contributed by atoms with Gasteiger partial charge in [0.05, 0.1) is 5.56 Å². The fourth-order valence-corrected chi connectivity index (χ4v) is 4.71. The predicted octanol–water partition coefficient (Wildman–Crippen LogP) is 4.37. The molecule has 0 spiro atoms. The van der Waals surface area contributed by atoms with Crippen molar-refractivity contribution < 1.29 is 9.12 Å². The average Bonchev–Trinajstić information content (AvgIpc) is 2.47. The first-order valence-corrected chi connectivity index (χ1v) is 7.94. The Labute approximate surface area is 130 Å². The number of nitrogens with zero attached hydrogens (tertiary/aromatic N) is 1. The summed E-state index contributed by atoms with van der Waals surface area (Å²) in [7, 11) is 0. The molecule has 3 atom stereocenters. The van der Waals surface area contributed by atoms with Crippen molar-refractivity contribution in [3.8, 4) is 11.3 Å². The van der Waals surface area contributed by atoms with Crippen molar-refractivity contribution in [2.75, 3.05) is 0 Å². The van der Waals surface area contributed by atoms with Gasteiger partial charge in [0, 0.05) is 17.5 Å². The number of hydrogen-bond donors (Lipinski definition) is 0. The highest BCUT2D eigenvalue weighted by Crippen LogP contribution is 2.65. The van der Waals surface area contributed by atoms with Crippen LogP contribution in [0, 0.1) is 22.4 Å². The van der Waals surface area contributed by atoms with Crippen LogP contribution in [-0.2, 0) is 0 Å². The molecule has 3 aliphatic carbocycles. The van der Waals surface area contributed by atoms with Crippen molar-refractivity contribution in [2.24, 2.45) is 11.3 Å². The lowest BCUT2D eigenvalue weighted by atomic mass is 9.45. The van der Waals surface area contributed by atoms with Crippen molar-refractivity contribution in [3.63, 3.8) is 0 Å². The van der Waals surface area contributed by atoms with Gasteiger partial charge in [-0.3, -0.25) is 0 Å². The van der Waals surface area contributed by atoms with E-state index < -0.39 is 0 Å². The number of hydrogen-bond acceptors (Lipinski definition) is 1. The number of aromatic nitrogens is 1. The molecule has 1 aromatic carbocycles. The van der Waals surface area contributed by atoms with E-state index >= 15 is 0 Å². The Morgan fingerprint density at radius 1 is 1.18 bits per heavy atom.